The summed E-state index contributed by atoms with van der Waals surface area (Å²) < 4.78 is 20.6. The molecule has 3 saturated heterocycles. The highest BCUT2D eigenvalue weighted by Gasteiger charge is 2.38. The minimum Gasteiger partial charge on any atom is -0.494 e. The third-order valence-electron chi connectivity index (χ3n) is 10.5. The van der Waals surface area contributed by atoms with E-state index in [9.17, 15) is 9.18 Å². The third kappa shape index (κ3) is 7.53. The molecule has 13 heteroatoms. The Morgan fingerprint density at radius 3 is 2.64 bits per heavy atom. The Balaban J connectivity index is 1.07. The Bertz CT molecular complexity index is 1700. The molecule has 2 aromatic carbocycles. The normalized spacial score (nSPS) is 22.1. The van der Waals surface area contributed by atoms with Crippen LogP contribution in [-0.4, -0.2) is 96.3 Å². The smallest absolute Gasteiger partial charge is 0.247 e. The van der Waals surface area contributed by atoms with Gasteiger partial charge in [-0.15, -0.1) is 0 Å². The van der Waals surface area contributed by atoms with E-state index in [4.69, 9.17) is 21.2 Å². The highest BCUT2D eigenvalue weighted by Crippen LogP contribution is 2.40. The predicted octanol–water partition coefficient (Wildman–Crippen LogP) is 6.04. The SMILES string of the molecule is C=CC(=O)Nc1cc(Nc2cc(N3OCC[C@@H]3Cc3cccc(Cl)c3F)ncn2)c(OC)cc1N1CCC(N2CCN(C3CC3)[C@H](C)C2)CC1. The van der Waals surface area contributed by atoms with E-state index in [1.165, 1.54) is 25.2 Å². The lowest BCUT2D eigenvalue weighted by atomic mass is 9.99. The van der Waals surface area contributed by atoms with Gasteiger partial charge >= 0.3 is 0 Å². The lowest BCUT2D eigenvalue weighted by molar-refractivity contribution is -0.111. The van der Waals surface area contributed by atoms with Crippen molar-refractivity contribution in [3.8, 4) is 5.75 Å². The molecule has 1 aliphatic carbocycles. The summed E-state index contributed by atoms with van der Waals surface area (Å²) in [6.07, 6.45) is 8.66. The number of hydroxylamine groups is 1. The molecule has 7 rings (SSSR count). The standard InChI is InChI=1S/C37H46ClFN8O3/c1-4-36(48)43-30-19-31(42-34-21-35(41-23-40-34)47-28(12-17-50-47)18-25-6-5-7-29(38)37(25)39)33(49-3)20-32(30)44-13-10-26(11-14-44)45-15-16-46(24(2)22-45)27-8-9-27/h4-7,19-21,23-24,26-28H,1,8-18,22H2,2-3H3,(H,43,48)(H,40,41,42)/t24-,28-/m1/s1. The molecular weight excluding hydrogens is 659 g/mol. The summed E-state index contributed by atoms with van der Waals surface area (Å²) in [6.45, 7) is 11.7. The Labute approximate surface area is 298 Å². The zero-order valence-electron chi connectivity index (χ0n) is 28.8. The molecule has 4 heterocycles. The Morgan fingerprint density at radius 1 is 1.08 bits per heavy atom. The number of rotatable bonds is 11. The summed E-state index contributed by atoms with van der Waals surface area (Å²) in [5.41, 5.74) is 2.70. The van der Waals surface area contributed by atoms with Crippen LogP contribution >= 0.6 is 11.6 Å². The summed E-state index contributed by atoms with van der Waals surface area (Å²) in [7, 11) is 1.63. The number of nitrogens with one attached hydrogen (secondary N) is 2. The van der Waals surface area contributed by atoms with E-state index in [1.807, 2.05) is 12.1 Å². The van der Waals surface area contributed by atoms with Crippen molar-refractivity contribution in [1.29, 1.82) is 0 Å². The Kier molecular flexibility index (Phi) is 10.4. The van der Waals surface area contributed by atoms with E-state index in [0.717, 1.165) is 57.3 Å². The number of hydrogen-bond acceptors (Lipinski definition) is 10. The largest absolute Gasteiger partial charge is 0.494 e. The number of halogens is 2. The van der Waals surface area contributed by atoms with Gasteiger partial charge in [0.1, 0.15) is 23.7 Å². The van der Waals surface area contributed by atoms with Crippen molar-refractivity contribution in [1.82, 2.24) is 19.8 Å². The molecule has 0 bridgehead atoms. The van der Waals surface area contributed by atoms with E-state index < -0.39 is 5.82 Å². The average molecular weight is 705 g/mol. The van der Waals surface area contributed by atoms with Crippen LogP contribution in [0.25, 0.3) is 0 Å². The second kappa shape index (κ2) is 15.1. The number of anilines is 5. The van der Waals surface area contributed by atoms with Gasteiger partial charge in [-0.3, -0.25) is 19.4 Å². The van der Waals surface area contributed by atoms with Gasteiger partial charge in [0.2, 0.25) is 5.91 Å². The third-order valence-corrected chi connectivity index (χ3v) is 10.7. The fourth-order valence-corrected chi connectivity index (χ4v) is 7.91. The molecule has 1 aromatic heterocycles. The second-order valence-electron chi connectivity index (χ2n) is 13.7. The van der Waals surface area contributed by atoms with Gasteiger partial charge in [0, 0.05) is 63.0 Å². The minimum atomic E-state index is -0.415. The number of ether oxygens (including phenoxy) is 1. The first-order valence-electron chi connectivity index (χ1n) is 17.7. The van der Waals surface area contributed by atoms with E-state index in [2.05, 4.69) is 48.8 Å². The van der Waals surface area contributed by atoms with Gasteiger partial charge in [0.05, 0.1) is 41.8 Å². The molecule has 1 amide bonds. The van der Waals surface area contributed by atoms with Gasteiger partial charge in [0.15, 0.2) is 5.82 Å². The van der Waals surface area contributed by atoms with Crippen LogP contribution in [0.1, 0.15) is 44.6 Å². The highest BCUT2D eigenvalue weighted by molar-refractivity contribution is 6.30. The van der Waals surface area contributed by atoms with Crippen molar-refractivity contribution < 1.29 is 18.8 Å². The zero-order chi connectivity index (χ0) is 34.8. The molecule has 2 atom stereocenters. The Morgan fingerprint density at radius 2 is 1.90 bits per heavy atom. The Hall–Kier alpha value is -3.97. The van der Waals surface area contributed by atoms with Gasteiger partial charge in [-0.1, -0.05) is 30.3 Å². The molecule has 0 radical (unpaired) electrons. The van der Waals surface area contributed by atoms with Crippen molar-refractivity contribution in [3.05, 3.63) is 71.8 Å². The maximum Gasteiger partial charge on any atom is 0.247 e. The quantitative estimate of drug-likeness (QED) is 0.230. The number of hydrogen-bond donors (Lipinski definition) is 2. The fourth-order valence-electron chi connectivity index (χ4n) is 7.71. The summed E-state index contributed by atoms with van der Waals surface area (Å²) in [4.78, 5) is 35.2. The first-order valence-corrected chi connectivity index (χ1v) is 18.0. The number of methoxy groups -OCH3 is 1. The van der Waals surface area contributed by atoms with Crippen molar-refractivity contribution >= 4 is 46.2 Å². The number of piperidine rings is 1. The lowest BCUT2D eigenvalue weighted by Gasteiger charge is -2.46. The van der Waals surface area contributed by atoms with Gasteiger partial charge in [-0.25, -0.2) is 19.4 Å². The minimum absolute atomic E-state index is 0.0990. The van der Waals surface area contributed by atoms with Crippen molar-refractivity contribution in [2.75, 3.05) is 67.0 Å². The van der Waals surface area contributed by atoms with E-state index in [-0.39, 0.29) is 17.0 Å². The average Bonchev–Trinajstić information content (AvgIpc) is 3.87. The topological polar surface area (TPSA) is 98.3 Å². The molecule has 4 fully saturated rings. The molecule has 3 aliphatic heterocycles. The molecule has 1 saturated carbocycles. The number of nitrogens with zero attached hydrogens (tertiary/aromatic N) is 6. The fraction of sp³-hybridized carbons (Fsp3) is 0.486. The lowest BCUT2D eigenvalue weighted by Crippen LogP contribution is -2.57. The van der Waals surface area contributed by atoms with E-state index in [0.29, 0.717) is 65.9 Å². The summed E-state index contributed by atoms with van der Waals surface area (Å²) in [6, 6.07) is 12.5. The van der Waals surface area contributed by atoms with Crippen molar-refractivity contribution in [3.63, 3.8) is 0 Å². The molecule has 11 nitrogen and oxygen atoms in total. The number of benzene rings is 2. The predicted molar refractivity (Wildman–Crippen MR) is 195 cm³/mol. The molecule has 2 N–H and O–H groups in total. The highest BCUT2D eigenvalue weighted by atomic mass is 35.5. The van der Waals surface area contributed by atoms with Crippen molar-refractivity contribution in [2.24, 2.45) is 0 Å². The number of aromatic nitrogens is 2. The molecular formula is C37H46ClFN8O3. The van der Waals surface area contributed by atoms with Crippen LogP contribution in [0.2, 0.25) is 5.02 Å². The molecule has 50 heavy (non-hydrogen) atoms. The molecule has 4 aliphatic rings. The molecule has 266 valence electrons. The molecule has 0 unspecified atom stereocenters. The maximum absolute atomic E-state index is 14.7. The van der Waals surface area contributed by atoms with Crippen LogP contribution in [0.3, 0.4) is 0 Å². The van der Waals surface area contributed by atoms with Crippen LogP contribution in [0.15, 0.2) is 55.4 Å². The number of amides is 1. The van der Waals surface area contributed by atoms with Crippen LogP contribution in [0.4, 0.5) is 33.1 Å². The molecule has 3 aromatic rings. The number of carbonyl (C=O) groups excluding carboxylic acids is 1. The molecule has 0 spiro atoms. The maximum atomic E-state index is 14.7. The zero-order valence-corrected chi connectivity index (χ0v) is 29.5. The number of carbonyl (C=O) groups is 1. The summed E-state index contributed by atoms with van der Waals surface area (Å²) >= 11 is 6.04. The van der Waals surface area contributed by atoms with Gasteiger partial charge in [-0.05, 0) is 69.2 Å². The van der Waals surface area contributed by atoms with Crippen LogP contribution in [0.5, 0.6) is 5.75 Å². The summed E-state index contributed by atoms with van der Waals surface area (Å²) in [5, 5.41) is 8.19. The van der Waals surface area contributed by atoms with Crippen molar-refractivity contribution in [2.45, 2.75) is 69.6 Å². The second-order valence-corrected chi connectivity index (χ2v) is 14.1. The van der Waals surface area contributed by atoms with Gasteiger partial charge in [-0.2, -0.15) is 0 Å². The van der Waals surface area contributed by atoms with Crippen LogP contribution in [-0.2, 0) is 16.1 Å². The van der Waals surface area contributed by atoms with E-state index >= 15 is 0 Å². The first kappa shape index (κ1) is 34.5. The first-order chi connectivity index (χ1) is 24.3. The monoisotopic (exact) mass is 704 g/mol. The van der Waals surface area contributed by atoms with Crippen LogP contribution in [0, 0.1) is 5.82 Å². The summed E-state index contributed by atoms with van der Waals surface area (Å²) in [5.74, 6) is 0.937. The van der Waals surface area contributed by atoms with Crippen LogP contribution < -0.4 is 25.3 Å². The van der Waals surface area contributed by atoms with Gasteiger partial charge in [0.25, 0.3) is 0 Å². The van der Waals surface area contributed by atoms with E-state index in [1.54, 1.807) is 36.4 Å². The van der Waals surface area contributed by atoms with Gasteiger partial charge < -0.3 is 20.3 Å². The number of piperazine rings is 1.